The lowest BCUT2D eigenvalue weighted by Gasteiger charge is -2.66. The fourth-order valence-corrected chi connectivity index (χ4v) is 8.04. The van der Waals surface area contributed by atoms with Gasteiger partial charge in [-0.1, -0.05) is 27.4 Å². The predicted octanol–water partition coefficient (Wildman–Crippen LogP) is 2.18. The van der Waals surface area contributed by atoms with Crippen molar-refractivity contribution in [3.8, 4) is 0 Å². The van der Waals surface area contributed by atoms with Crippen LogP contribution in [0.4, 0.5) is 0 Å². The largest absolute Gasteiger partial charge is 0.462 e. The lowest BCUT2D eigenvalue weighted by atomic mass is 9.39. The lowest BCUT2D eigenvalue weighted by Crippen LogP contribution is -2.70. The van der Waals surface area contributed by atoms with Crippen molar-refractivity contribution in [1.29, 1.82) is 0 Å². The summed E-state index contributed by atoms with van der Waals surface area (Å²) in [6.45, 7) is 12.8. The topological polar surface area (TPSA) is 110 Å². The Morgan fingerprint density at radius 3 is 2.16 bits per heavy atom. The molecule has 0 aromatic carbocycles. The third-order valence-electron chi connectivity index (χ3n) is 9.25. The van der Waals surface area contributed by atoms with Crippen LogP contribution >= 0.6 is 0 Å². The number of esters is 2. The number of Topliss-reactive ketones (excluding diaryl/α,β-unsaturated/α-hetero) is 1. The summed E-state index contributed by atoms with van der Waals surface area (Å²) in [6, 6.07) is 0. The molecule has 2 N–H and O–H groups in total. The van der Waals surface area contributed by atoms with Crippen LogP contribution in [-0.2, 0) is 23.9 Å². The highest BCUT2D eigenvalue weighted by atomic mass is 16.5. The minimum Gasteiger partial charge on any atom is -0.462 e. The molecular weight excluding hydrogens is 400 g/mol. The van der Waals surface area contributed by atoms with Gasteiger partial charge >= 0.3 is 11.9 Å². The van der Waals surface area contributed by atoms with Crippen LogP contribution in [0.15, 0.2) is 12.2 Å². The number of carbonyl (C=O) groups excluding carboxylic acids is 3. The van der Waals surface area contributed by atoms with Gasteiger partial charge in [0, 0.05) is 25.2 Å². The highest BCUT2D eigenvalue weighted by Gasteiger charge is 2.77. The first kappa shape index (κ1) is 22.5. The standard InChI is InChI=1S/C24H34O7/c1-11-19-14(27)9-16-23(6)8-7-17(30-12(2)25)22(4,5)15(23)10-18(31-13(3)26)24(16,20(11)28)21(19)29/h14-19,21,27,29H,1,7-10H2,2-6H3/t14-,15+,16-,17-,18+,19+,21+,23+,24-/m0/s1. The molecule has 0 aliphatic heterocycles. The molecule has 9 atom stereocenters. The van der Waals surface area contributed by atoms with Gasteiger partial charge in [-0.25, -0.2) is 0 Å². The average Bonchev–Trinajstić information content (AvgIpc) is 2.77. The molecule has 172 valence electrons. The zero-order valence-corrected chi connectivity index (χ0v) is 19.0. The Bertz CT molecular complexity index is 847. The number of carbonyl (C=O) groups is 3. The van der Waals surface area contributed by atoms with Crippen molar-refractivity contribution < 1.29 is 34.1 Å². The van der Waals surface area contributed by atoms with E-state index < -0.39 is 46.4 Å². The number of rotatable bonds is 2. The van der Waals surface area contributed by atoms with E-state index in [1.807, 2.05) is 0 Å². The highest BCUT2D eigenvalue weighted by Crippen LogP contribution is 2.71. The number of ketones is 1. The number of hydrogen-bond acceptors (Lipinski definition) is 7. The minimum atomic E-state index is -1.29. The van der Waals surface area contributed by atoms with Crippen molar-refractivity contribution >= 4 is 17.7 Å². The van der Waals surface area contributed by atoms with Gasteiger partial charge in [-0.15, -0.1) is 0 Å². The maximum Gasteiger partial charge on any atom is 0.302 e. The molecule has 7 nitrogen and oxygen atoms in total. The zero-order chi connectivity index (χ0) is 23.1. The van der Waals surface area contributed by atoms with Crippen molar-refractivity contribution in [2.75, 3.05) is 0 Å². The molecule has 0 aromatic heterocycles. The number of aliphatic hydroxyl groups is 2. The molecule has 0 unspecified atom stereocenters. The van der Waals surface area contributed by atoms with Crippen molar-refractivity contribution in [3.05, 3.63) is 12.2 Å². The maximum absolute atomic E-state index is 13.6. The molecule has 4 rings (SSSR count). The first-order valence-corrected chi connectivity index (χ1v) is 11.2. The molecule has 0 amide bonds. The molecule has 0 saturated heterocycles. The third-order valence-corrected chi connectivity index (χ3v) is 9.25. The van der Waals surface area contributed by atoms with Crippen molar-refractivity contribution in [2.45, 2.75) is 84.7 Å². The second-order valence-corrected chi connectivity index (χ2v) is 11.0. The van der Waals surface area contributed by atoms with Gasteiger partial charge in [-0.2, -0.15) is 0 Å². The Balaban J connectivity index is 1.87. The normalized spacial score (nSPS) is 47.9. The first-order chi connectivity index (χ1) is 14.3. The van der Waals surface area contributed by atoms with Gasteiger partial charge in [0.1, 0.15) is 17.6 Å². The van der Waals surface area contributed by atoms with Crippen LogP contribution in [0.1, 0.15) is 60.3 Å². The molecule has 4 saturated carbocycles. The summed E-state index contributed by atoms with van der Waals surface area (Å²) in [5.41, 5.74) is -1.91. The van der Waals surface area contributed by atoms with E-state index >= 15 is 0 Å². The molecule has 1 spiro atoms. The van der Waals surface area contributed by atoms with E-state index in [0.29, 0.717) is 25.7 Å². The molecular formula is C24H34O7. The maximum atomic E-state index is 13.6. The Hall–Kier alpha value is -1.73. The van der Waals surface area contributed by atoms with Gasteiger partial charge in [-0.05, 0) is 48.5 Å². The Morgan fingerprint density at radius 2 is 1.58 bits per heavy atom. The second kappa shape index (κ2) is 6.88. The molecule has 31 heavy (non-hydrogen) atoms. The fraction of sp³-hybridized carbons (Fsp3) is 0.792. The van der Waals surface area contributed by atoms with E-state index in [2.05, 4.69) is 27.4 Å². The number of fused-ring (bicyclic) bond motifs is 3. The van der Waals surface area contributed by atoms with Gasteiger partial charge < -0.3 is 19.7 Å². The Labute approximate surface area is 183 Å². The average molecular weight is 435 g/mol. The number of aliphatic hydroxyl groups excluding tert-OH is 2. The van der Waals surface area contributed by atoms with E-state index in [1.165, 1.54) is 13.8 Å². The summed E-state index contributed by atoms with van der Waals surface area (Å²) in [7, 11) is 0. The third kappa shape index (κ3) is 2.75. The molecule has 2 bridgehead atoms. The van der Waals surface area contributed by atoms with Crippen LogP contribution in [-0.4, -0.2) is 52.4 Å². The van der Waals surface area contributed by atoms with Crippen LogP contribution < -0.4 is 0 Å². The van der Waals surface area contributed by atoms with E-state index in [0.717, 1.165) is 0 Å². The van der Waals surface area contributed by atoms with Crippen molar-refractivity contribution in [1.82, 2.24) is 0 Å². The predicted molar refractivity (Wildman–Crippen MR) is 111 cm³/mol. The molecule has 4 aliphatic carbocycles. The van der Waals surface area contributed by atoms with E-state index in [-0.39, 0.29) is 35.3 Å². The first-order valence-electron chi connectivity index (χ1n) is 11.2. The Morgan fingerprint density at radius 1 is 1.00 bits per heavy atom. The SMILES string of the molecule is C=C1C(=O)[C@]23[C@H](O)[C@H]1[C@@H](O)C[C@H]2[C@]1(C)CC[C@H](OC(C)=O)C(C)(C)[C@H]1C[C@H]3OC(C)=O. The van der Waals surface area contributed by atoms with Crippen LogP contribution in [0.25, 0.3) is 0 Å². The number of ether oxygens (including phenoxy) is 2. The van der Waals surface area contributed by atoms with Crippen molar-refractivity contribution in [3.63, 3.8) is 0 Å². The summed E-state index contributed by atoms with van der Waals surface area (Å²) in [4.78, 5) is 37.5. The van der Waals surface area contributed by atoms with Crippen molar-refractivity contribution in [2.24, 2.45) is 34.0 Å². The molecule has 4 fully saturated rings. The quantitative estimate of drug-likeness (QED) is 0.506. The van der Waals surface area contributed by atoms with E-state index in [4.69, 9.17) is 9.47 Å². The van der Waals surface area contributed by atoms with Gasteiger partial charge in [0.2, 0.25) is 0 Å². The summed E-state index contributed by atoms with van der Waals surface area (Å²) >= 11 is 0. The molecule has 4 aliphatic rings. The van der Waals surface area contributed by atoms with Gasteiger partial charge in [0.15, 0.2) is 5.78 Å². The molecule has 0 radical (unpaired) electrons. The van der Waals surface area contributed by atoms with Crippen LogP contribution in [0.2, 0.25) is 0 Å². The zero-order valence-electron chi connectivity index (χ0n) is 19.0. The van der Waals surface area contributed by atoms with Crippen LogP contribution in [0.5, 0.6) is 0 Å². The highest BCUT2D eigenvalue weighted by molar-refractivity contribution is 6.05. The van der Waals surface area contributed by atoms with Gasteiger partial charge in [0.05, 0.1) is 12.2 Å². The molecule has 7 heteroatoms. The van der Waals surface area contributed by atoms with Crippen LogP contribution in [0, 0.1) is 34.0 Å². The van der Waals surface area contributed by atoms with E-state index in [9.17, 15) is 24.6 Å². The van der Waals surface area contributed by atoms with E-state index in [1.54, 1.807) is 0 Å². The smallest absolute Gasteiger partial charge is 0.302 e. The number of hydrogen-bond donors (Lipinski definition) is 2. The summed E-state index contributed by atoms with van der Waals surface area (Å²) in [5.74, 6) is -2.28. The Kier molecular flexibility index (Phi) is 4.99. The molecule has 0 heterocycles. The van der Waals surface area contributed by atoms with Crippen LogP contribution in [0.3, 0.4) is 0 Å². The van der Waals surface area contributed by atoms with Gasteiger partial charge in [0.25, 0.3) is 0 Å². The summed E-state index contributed by atoms with van der Waals surface area (Å²) < 4.78 is 11.4. The van der Waals surface area contributed by atoms with Gasteiger partial charge in [-0.3, -0.25) is 14.4 Å². The lowest BCUT2D eigenvalue weighted by molar-refractivity contribution is -0.256. The second-order valence-electron chi connectivity index (χ2n) is 11.0. The summed E-state index contributed by atoms with van der Waals surface area (Å²) in [6.07, 6.45) is -1.10. The fourth-order valence-electron chi connectivity index (χ4n) is 8.04. The minimum absolute atomic E-state index is 0.0457. The summed E-state index contributed by atoms with van der Waals surface area (Å²) in [5, 5.41) is 22.3. The monoisotopic (exact) mass is 434 g/mol. The molecule has 0 aromatic rings.